The van der Waals surface area contributed by atoms with E-state index >= 15 is 0 Å². The highest BCUT2D eigenvalue weighted by molar-refractivity contribution is 5.00. The maximum atomic E-state index is 10.7. The van der Waals surface area contributed by atoms with Gasteiger partial charge in [-0.15, -0.1) is 0 Å². The van der Waals surface area contributed by atoms with Crippen molar-refractivity contribution in [1.82, 2.24) is 9.55 Å². The molecule has 1 fully saturated rings. The molecule has 0 aliphatic heterocycles. The summed E-state index contributed by atoms with van der Waals surface area (Å²) < 4.78 is 7.95. The van der Waals surface area contributed by atoms with Gasteiger partial charge in [-0.3, -0.25) is 0 Å². The molecule has 1 heterocycles. The largest absolute Gasteiger partial charge is 0.390 e. The number of hydrogen-bond acceptors (Lipinski definition) is 3. The normalized spacial score (nSPS) is 29.4. The van der Waals surface area contributed by atoms with Crippen LogP contribution in [-0.2, 0) is 18.2 Å². The number of hydrogen-bond donors (Lipinski definition) is 1. The second kappa shape index (κ2) is 6.06. The van der Waals surface area contributed by atoms with E-state index in [9.17, 15) is 5.11 Å². The van der Waals surface area contributed by atoms with Crippen molar-refractivity contribution < 1.29 is 9.84 Å². The highest BCUT2D eigenvalue weighted by atomic mass is 16.5. The number of aryl methyl sites for hydroxylation is 1. The van der Waals surface area contributed by atoms with Gasteiger partial charge in [0, 0.05) is 32.5 Å². The minimum absolute atomic E-state index is 0.368. The van der Waals surface area contributed by atoms with Crippen LogP contribution in [0.5, 0.6) is 0 Å². The molecule has 4 nitrogen and oxygen atoms in total. The summed E-state index contributed by atoms with van der Waals surface area (Å²) in [6.07, 6.45) is 7.96. The van der Waals surface area contributed by atoms with Crippen LogP contribution in [0.4, 0.5) is 0 Å². The summed E-state index contributed by atoms with van der Waals surface area (Å²) in [7, 11) is 1.96. The number of aliphatic hydroxyl groups excluding tert-OH is 1. The fourth-order valence-electron chi connectivity index (χ4n) is 3.06. The lowest BCUT2D eigenvalue weighted by Crippen LogP contribution is -2.48. The molecule has 1 N–H and O–H groups in total. The smallest absolute Gasteiger partial charge is 0.111 e. The standard InChI is InChI=1S/C15H26N2O2/c1-4-19-15(7-5-12(2)6-8-15)13(18)11-14-16-9-10-17(14)3/h9-10,12-13,18H,4-8,11H2,1-3H3. The molecule has 1 saturated carbocycles. The first-order chi connectivity index (χ1) is 9.07. The lowest BCUT2D eigenvalue weighted by Gasteiger charge is -2.42. The Hall–Kier alpha value is -0.870. The van der Waals surface area contributed by atoms with Gasteiger partial charge < -0.3 is 14.4 Å². The molecule has 0 spiro atoms. The van der Waals surface area contributed by atoms with E-state index in [-0.39, 0.29) is 5.60 Å². The first-order valence-electron chi connectivity index (χ1n) is 7.35. The number of imidazole rings is 1. The van der Waals surface area contributed by atoms with Crippen LogP contribution in [0.1, 0.15) is 45.4 Å². The maximum Gasteiger partial charge on any atom is 0.111 e. The average Bonchev–Trinajstić information content (AvgIpc) is 2.78. The molecule has 1 atom stereocenters. The summed E-state index contributed by atoms with van der Waals surface area (Å²) in [5.74, 6) is 1.67. The van der Waals surface area contributed by atoms with E-state index in [2.05, 4.69) is 11.9 Å². The Bertz CT molecular complexity index is 395. The molecule has 0 amide bonds. The Morgan fingerprint density at radius 3 is 2.74 bits per heavy atom. The molecule has 0 radical (unpaired) electrons. The zero-order chi connectivity index (χ0) is 13.9. The summed E-state index contributed by atoms with van der Waals surface area (Å²) in [6.45, 7) is 4.94. The van der Waals surface area contributed by atoms with E-state index < -0.39 is 6.10 Å². The highest BCUT2D eigenvalue weighted by Gasteiger charge is 2.41. The predicted molar refractivity (Wildman–Crippen MR) is 74.9 cm³/mol. The van der Waals surface area contributed by atoms with Crippen LogP contribution in [0.25, 0.3) is 0 Å². The van der Waals surface area contributed by atoms with E-state index in [1.54, 1.807) is 6.20 Å². The Kier molecular flexibility index (Phi) is 4.63. The van der Waals surface area contributed by atoms with Crippen LogP contribution in [0.2, 0.25) is 0 Å². The van der Waals surface area contributed by atoms with Crippen molar-refractivity contribution in [1.29, 1.82) is 0 Å². The SMILES string of the molecule is CCOC1(C(O)Cc2nccn2C)CCC(C)CC1. The molecule has 0 bridgehead atoms. The van der Waals surface area contributed by atoms with Gasteiger partial charge in [0.15, 0.2) is 0 Å². The van der Waals surface area contributed by atoms with E-state index in [1.807, 2.05) is 24.7 Å². The van der Waals surface area contributed by atoms with Crippen LogP contribution >= 0.6 is 0 Å². The van der Waals surface area contributed by atoms with Crippen LogP contribution in [0.3, 0.4) is 0 Å². The zero-order valence-corrected chi connectivity index (χ0v) is 12.3. The van der Waals surface area contributed by atoms with Gasteiger partial charge in [0.05, 0.1) is 11.7 Å². The summed E-state index contributed by atoms with van der Waals surface area (Å²) in [4.78, 5) is 4.30. The predicted octanol–water partition coefficient (Wildman–Crippen LogP) is 2.31. The summed E-state index contributed by atoms with van der Waals surface area (Å²) in [5.41, 5.74) is -0.368. The number of ether oxygens (including phenoxy) is 1. The Balaban J connectivity index is 2.08. The average molecular weight is 266 g/mol. The van der Waals surface area contributed by atoms with Crippen molar-refractivity contribution in [2.75, 3.05) is 6.61 Å². The van der Waals surface area contributed by atoms with E-state index in [4.69, 9.17) is 4.74 Å². The third-order valence-corrected chi connectivity index (χ3v) is 4.46. The van der Waals surface area contributed by atoms with Gasteiger partial charge in [-0.2, -0.15) is 0 Å². The molecule has 19 heavy (non-hydrogen) atoms. The van der Waals surface area contributed by atoms with Gasteiger partial charge in [0.1, 0.15) is 5.82 Å². The lowest BCUT2D eigenvalue weighted by atomic mass is 9.75. The van der Waals surface area contributed by atoms with Crippen molar-refractivity contribution in [2.45, 2.75) is 57.7 Å². The molecular weight excluding hydrogens is 240 g/mol. The Morgan fingerprint density at radius 1 is 1.53 bits per heavy atom. The van der Waals surface area contributed by atoms with E-state index in [0.29, 0.717) is 13.0 Å². The van der Waals surface area contributed by atoms with Gasteiger partial charge in [0.2, 0.25) is 0 Å². The van der Waals surface area contributed by atoms with Gasteiger partial charge >= 0.3 is 0 Å². The van der Waals surface area contributed by atoms with Crippen molar-refractivity contribution in [3.05, 3.63) is 18.2 Å². The van der Waals surface area contributed by atoms with Gasteiger partial charge in [-0.05, 0) is 38.5 Å². The summed E-state index contributed by atoms with van der Waals surface area (Å²) in [5, 5.41) is 10.7. The second-order valence-corrected chi connectivity index (χ2v) is 5.85. The molecule has 108 valence electrons. The van der Waals surface area contributed by atoms with Gasteiger partial charge in [0.25, 0.3) is 0 Å². The lowest BCUT2D eigenvalue weighted by molar-refractivity contribution is -0.144. The number of aromatic nitrogens is 2. The van der Waals surface area contributed by atoms with E-state index in [0.717, 1.165) is 37.4 Å². The number of aliphatic hydroxyl groups is 1. The Labute approximate surface area is 115 Å². The molecule has 1 unspecified atom stereocenters. The monoisotopic (exact) mass is 266 g/mol. The number of nitrogens with zero attached hydrogens (tertiary/aromatic N) is 2. The molecule has 2 rings (SSSR count). The van der Waals surface area contributed by atoms with Crippen molar-refractivity contribution in [2.24, 2.45) is 13.0 Å². The quantitative estimate of drug-likeness (QED) is 0.889. The Morgan fingerprint density at radius 2 is 2.21 bits per heavy atom. The molecule has 1 aromatic heterocycles. The molecular formula is C15H26N2O2. The zero-order valence-electron chi connectivity index (χ0n) is 12.3. The summed E-state index contributed by atoms with van der Waals surface area (Å²) in [6, 6.07) is 0. The van der Waals surface area contributed by atoms with Crippen molar-refractivity contribution >= 4 is 0 Å². The molecule has 0 aromatic carbocycles. The molecule has 1 aliphatic carbocycles. The fourth-order valence-corrected chi connectivity index (χ4v) is 3.06. The van der Waals surface area contributed by atoms with Gasteiger partial charge in [-0.25, -0.2) is 4.98 Å². The van der Waals surface area contributed by atoms with Crippen LogP contribution in [0, 0.1) is 5.92 Å². The molecule has 1 aliphatic rings. The first kappa shape index (κ1) is 14.5. The molecule has 4 heteroatoms. The third-order valence-electron chi connectivity index (χ3n) is 4.46. The number of rotatable bonds is 5. The van der Waals surface area contributed by atoms with Crippen LogP contribution in [0.15, 0.2) is 12.4 Å². The highest BCUT2D eigenvalue weighted by Crippen LogP contribution is 2.38. The maximum absolute atomic E-state index is 10.7. The van der Waals surface area contributed by atoms with Gasteiger partial charge in [-0.1, -0.05) is 6.92 Å². The van der Waals surface area contributed by atoms with E-state index in [1.165, 1.54) is 0 Å². The third kappa shape index (κ3) is 3.18. The fraction of sp³-hybridized carbons (Fsp3) is 0.800. The van der Waals surface area contributed by atoms with Crippen LogP contribution in [-0.4, -0.2) is 33.0 Å². The summed E-state index contributed by atoms with van der Waals surface area (Å²) >= 11 is 0. The van der Waals surface area contributed by atoms with Crippen molar-refractivity contribution in [3.8, 4) is 0 Å². The molecule has 1 aromatic rings. The molecule has 0 saturated heterocycles. The topological polar surface area (TPSA) is 47.3 Å². The first-order valence-corrected chi connectivity index (χ1v) is 7.35. The van der Waals surface area contributed by atoms with Crippen molar-refractivity contribution in [3.63, 3.8) is 0 Å². The minimum atomic E-state index is -0.471. The minimum Gasteiger partial charge on any atom is -0.390 e. The second-order valence-electron chi connectivity index (χ2n) is 5.85. The van der Waals surface area contributed by atoms with Crippen LogP contribution < -0.4 is 0 Å².